The lowest BCUT2D eigenvalue weighted by molar-refractivity contribution is -0.152. The lowest BCUT2D eigenvalue weighted by Crippen LogP contribution is -2.55. The van der Waals surface area contributed by atoms with Crippen LogP contribution in [0, 0.1) is 23.7 Å². The Morgan fingerprint density at radius 1 is 1.15 bits per heavy atom. The van der Waals surface area contributed by atoms with Crippen LogP contribution in [0.3, 0.4) is 0 Å². The molecule has 2 aliphatic rings. The Bertz CT molecular complexity index is 522. The average Bonchev–Trinajstić information content (AvgIpc) is 2.64. The van der Waals surface area contributed by atoms with Crippen LogP contribution >= 0.6 is 0 Å². The summed E-state index contributed by atoms with van der Waals surface area (Å²) in [5.41, 5.74) is 0. The summed E-state index contributed by atoms with van der Waals surface area (Å²) in [5, 5.41) is 9.31. The molecule has 0 bridgehead atoms. The first-order chi connectivity index (χ1) is 12.4. The molecule has 7 heteroatoms. The third-order valence-electron chi connectivity index (χ3n) is 6.01. The Balaban J connectivity index is 2.06. The Morgan fingerprint density at radius 3 is 2.46 bits per heavy atom. The molecule has 7 nitrogen and oxygen atoms in total. The van der Waals surface area contributed by atoms with E-state index < -0.39 is 18.1 Å². The second kappa shape index (κ2) is 9.24. The normalized spacial score (nSPS) is 29.4. The molecule has 0 aromatic heterocycles. The van der Waals surface area contributed by atoms with Gasteiger partial charge < -0.3 is 14.6 Å². The lowest BCUT2D eigenvalue weighted by atomic mass is 9.67. The zero-order chi connectivity index (χ0) is 19.3. The highest BCUT2D eigenvalue weighted by molar-refractivity contribution is 5.81. The summed E-state index contributed by atoms with van der Waals surface area (Å²) >= 11 is 0. The van der Waals surface area contributed by atoms with Gasteiger partial charge >= 0.3 is 18.0 Å². The molecule has 5 unspecified atom stereocenters. The van der Waals surface area contributed by atoms with Gasteiger partial charge in [-0.15, -0.1) is 0 Å². The van der Waals surface area contributed by atoms with Crippen molar-refractivity contribution < 1.29 is 29.0 Å². The van der Waals surface area contributed by atoms with Crippen LogP contribution in [0.1, 0.15) is 52.4 Å². The van der Waals surface area contributed by atoms with E-state index in [-0.39, 0.29) is 18.5 Å². The largest absolute Gasteiger partial charge is 0.481 e. The molecule has 1 aliphatic heterocycles. The van der Waals surface area contributed by atoms with E-state index in [9.17, 15) is 19.5 Å². The molecule has 0 aromatic rings. The third kappa shape index (κ3) is 4.68. The van der Waals surface area contributed by atoms with Gasteiger partial charge in [0.05, 0.1) is 19.6 Å². The number of methoxy groups -OCH3 is 1. The van der Waals surface area contributed by atoms with Gasteiger partial charge in [0.25, 0.3) is 0 Å². The van der Waals surface area contributed by atoms with Crippen LogP contribution in [-0.2, 0) is 19.1 Å². The first kappa shape index (κ1) is 20.5. The Hall–Kier alpha value is -1.79. The second-order valence-electron chi connectivity index (χ2n) is 7.50. The number of likely N-dealkylation sites (tertiary alicyclic amines) is 1. The number of piperidine rings is 1. The topological polar surface area (TPSA) is 93.1 Å². The van der Waals surface area contributed by atoms with Crippen LogP contribution in [0.5, 0.6) is 0 Å². The number of rotatable bonds is 6. The number of ether oxygens (including phenoxy) is 2. The van der Waals surface area contributed by atoms with Crippen molar-refractivity contribution in [3.63, 3.8) is 0 Å². The van der Waals surface area contributed by atoms with Crippen molar-refractivity contribution in [3.8, 4) is 0 Å². The van der Waals surface area contributed by atoms with Gasteiger partial charge in [0, 0.05) is 6.54 Å². The zero-order valence-corrected chi connectivity index (χ0v) is 16.0. The average molecular weight is 369 g/mol. The van der Waals surface area contributed by atoms with Gasteiger partial charge in [-0.05, 0) is 56.8 Å². The fraction of sp³-hybridized carbons (Fsp3) is 0.842. The van der Waals surface area contributed by atoms with Crippen molar-refractivity contribution in [3.05, 3.63) is 0 Å². The molecule has 26 heavy (non-hydrogen) atoms. The van der Waals surface area contributed by atoms with E-state index in [0.29, 0.717) is 43.6 Å². The first-order valence-electron chi connectivity index (χ1n) is 9.65. The molecular formula is C19H31NO6. The van der Waals surface area contributed by atoms with Crippen molar-refractivity contribution in [2.75, 3.05) is 20.3 Å². The number of carboxylic acids is 1. The zero-order valence-electron chi connectivity index (χ0n) is 16.0. The summed E-state index contributed by atoms with van der Waals surface area (Å²) < 4.78 is 10.0. The Labute approximate surface area is 155 Å². The van der Waals surface area contributed by atoms with E-state index in [0.717, 1.165) is 19.3 Å². The summed E-state index contributed by atoms with van der Waals surface area (Å²) in [6, 6.07) is -0.608. The van der Waals surface area contributed by atoms with Crippen LogP contribution < -0.4 is 0 Å². The maximum absolute atomic E-state index is 12.3. The molecule has 0 spiro atoms. The number of carboxylic acid groups (broad SMARTS) is 1. The van der Waals surface area contributed by atoms with Gasteiger partial charge in [-0.3, -0.25) is 9.69 Å². The second-order valence-corrected chi connectivity index (χ2v) is 7.50. The predicted molar refractivity (Wildman–Crippen MR) is 94.5 cm³/mol. The van der Waals surface area contributed by atoms with E-state index in [1.807, 2.05) is 6.92 Å². The van der Waals surface area contributed by atoms with Crippen molar-refractivity contribution >= 4 is 18.0 Å². The monoisotopic (exact) mass is 369 g/mol. The molecule has 2 rings (SSSR count). The molecule has 1 saturated heterocycles. The number of nitrogens with zero attached hydrogens (tertiary/aromatic N) is 1. The smallest absolute Gasteiger partial charge is 0.410 e. The van der Waals surface area contributed by atoms with Crippen LogP contribution in [-0.4, -0.2) is 54.3 Å². The minimum atomic E-state index is -0.723. The van der Waals surface area contributed by atoms with Gasteiger partial charge in [0.1, 0.15) is 6.04 Å². The van der Waals surface area contributed by atoms with Crippen LogP contribution in [0.2, 0.25) is 0 Å². The number of carbonyl (C=O) groups excluding carboxylic acids is 2. The summed E-state index contributed by atoms with van der Waals surface area (Å²) in [6.45, 7) is 4.44. The molecule has 0 aromatic carbocycles. The minimum Gasteiger partial charge on any atom is -0.481 e. The van der Waals surface area contributed by atoms with Gasteiger partial charge in [-0.1, -0.05) is 13.3 Å². The highest BCUT2D eigenvalue weighted by Crippen LogP contribution is 2.43. The summed E-state index contributed by atoms with van der Waals surface area (Å²) in [4.78, 5) is 37.3. The third-order valence-corrected chi connectivity index (χ3v) is 6.01. The van der Waals surface area contributed by atoms with Gasteiger partial charge in [0.2, 0.25) is 0 Å². The quantitative estimate of drug-likeness (QED) is 0.724. The molecule has 148 valence electrons. The Kier molecular flexibility index (Phi) is 7.29. The van der Waals surface area contributed by atoms with E-state index >= 15 is 0 Å². The van der Waals surface area contributed by atoms with E-state index in [2.05, 4.69) is 0 Å². The van der Waals surface area contributed by atoms with Gasteiger partial charge in [0.15, 0.2) is 0 Å². The van der Waals surface area contributed by atoms with Crippen molar-refractivity contribution in [2.24, 2.45) is 23.7 Å². The molecule has 0 radical (unpaired) electrons. The van der Waals surface area contributed by atoms with Crippen molar-refractivity contribution in [1.82, 2.24) is 4.90 Å². The van der Waals surface area contributed by atoms with Crippen LogP contribution in [0.25, 0.3) is 0 Å². The molecule has 1 aliphatic carbocycles. The van der Waals surface area contributed by atoms with E-state index in [1.165, 1.54) is 12.0 Å². The SMILES string of the molecule is CCOC(=O)C1CC2CC(CC(CC)C(=O)O)CCC2CN1C(=O)OC. The standard InChI is InChI=1S/C19H31NO6/c1-4-13(17(21)22)8-12-6-7-14-11-20(19(24)25-3)16(10-15(14)9-12)18(23)26-5-2/h12-16H,4-11H2,1-3H3,(H,21,22). The van der Waals surface area contributed by atoms with Crippen molar-refractivity contribution in [1.29, 1.82) is 0 Å². The number of hydrogen-bond donors (Lipinski definition) is 1. The number of amides is 1. The molecule has 2 fully saturated rings. The highest BCUT2D eigenvalue weighted by atomic mass is 16.6. The van der Waals surface area contributed by atoms with E-state index in [1.54, 1.807) is 6.92 Å². The number of esters is 1. The number of aliphatic carboxylic acids is 1. The molecule has 5 atom stereocenters. The number of fused-ring (bicyclic) bond motifs is 1. The van der Waals surface area contributed by atoms with Crippen molar-refractivity contribution in [2.45, 2.75) is 58.4 Å². The maximum Gasteiger partial charge on any atom is 0.410 e. The molecule has 1 saturated carbocycles. The molecular weight excluding hydrogens is 338 g/mol. The van der Waals surface area contributed by atoms with Gasteiger partial charge in [-0.25, -0.2) is 9.59 Å². The summed E-state index contributed by atoms with van der Waals surface area (Å²) in [6.07, 6.45) is 4.26. The van der Waals surface area contributed by atoms with Crippen LogP contribution in [0.15, 0.2) is 0 Å². The summed E-state index contributed by atoms with van der Waals surface area (Å²) in [5.74, 6) is -0.386. The number of hydrogen-bond acceptors (Lipinski definition) is 5. The lowest BCUT2D eigenvalue weighted by Gasteiger charge is -2.46. The first-order valence-corrected chi connectivity index (χ1v) is 9.65. The predicted octanol–water partition coefficient (Wildman–Crippen LogP) is 2.92. The van der Waals surface area contributed by atoms with Gasteiger partial charge in [-0.2, -0.15) is 0 Å². The minimum absolute atomic E-state index is 0.276. The molecule has 1 heterocycles. The highest BCUT2D eigenvalue weighted by Gasteiger charge is 2.45. The van der Waals surface area contributed by atoms with Crippen LogP contribution in [0.4, 0.5) is 4.79 Å². The maximum atomic E-state index is 12.3. The molecule has 1 N–H and O–H groups in total. The Morgan fingerprint density at radius 2 is 1.88 bits per heavy atom. The number of carbonyl (C=O) groups is 3. The van der Waals surface area contributed by atoms with E-state index in [4.69, 9.17) is 9.47 Å². The molecule has 1 amide bonds. The summed E-state index contributed by atoms with van der Waals surface area (Å²) in [7, 11) is 1.32. The fourth-order valence-corrected chi connectivity index (χ4v) is 4.59. The fourth-order valence-electron chi connectivity index (χ4n) is 4.59.